The summed E-state index contributed by atoms with van der Waals surface area (Å²) in [5.41, 5.74) is 0.890. The number of carbonyl (C=O) groups excluding carboxylic acids is 1. The first-order chi connectivity index (χ1) is 7.83. The summed E-state index contributed by atoms with van der Waals surface area (Å²) in [6.07, 6.45) is 6.57. The predicted octanol–water partition coefficient (Wildman–Crippen LogP) is 3.99. The first-order valence-corrected chi connectivity index (χ1v) is 6.18. The number of nitrogens with one attached hydrogen (secondary N) is 1. The Hall–Kier alpha value is -1.31. The maximum absolute atomic E-state index is 11.5. The first kappa shape index (κ1) is 12.8. The highest BCUT2D eigenvalue weighted by atomic mass is 16.1. The monoisotopic (exact) mass is 219 g/mol. The predicted molar refractivity (Wildman–Crippen MR) is 68.4 cm³/mol. The summed E-state index contributed by atoms with van der Waals surface area (Å²) in [5.74, 6) is 0.127. The van der Waals surface area contributed by atoms with Crippen LogP contribution in [0.2, 0.25) is 0 Å². The number of amides is 1. The van der Waals surface area contributed by atoms with Gasteiger partial charge >= 0.3 is 0 Å². The van der Waals surface area contributed by atoms with Gasteiger partial charge in [0.2, 0.25) is 5.91 Å². The SMILES string of the molecule is CCCCCCCC(=O)Nc1ccccc1. The molecule has 0 aliphatic heterocycles. The molecule has 1 amide bonds. The molecule has 0 aromatic heterocycles. The third-order valence-electron chi connectivity index (χ3n) is 2.56. The van der Waals surface area contributed by atoms with Crippen molar-refractivity contribution in [3.05, 3.63) is 30.3 Å². The summed E-state index contributed by atoms with van der Waals surface area (Å²) >= 11 is 0. The van der Waals surface area contributed by atoms with E-state index in [-0.39, 0.29) is 5.91 Å². The van der Waals surface area contributed by atoms with Gasteiger partial charge < -0.3 is 5.32 Å². The molecule has 0 heterocycles. The van der Waals surface area contributed by atoms with Crippen LogP contribution >= 0.6 is 0 Å². The van der Waals surface area contributed by atoms with Crippen molar-refractivity contribution in [1.82, 2.24) is 0 Å². The minimum absolute atomic E-state index is 0.127. The highest BCUT2D eigenvalue weighted by Crippen LogP contribution is 2.08. The zero-order valence-corrected chi connectivity index (χ0v) is 10.0. The molecule has 1 N–H and O–H groups in total. The number of hydrogen-bond acceptors (Lipinski definition) is 1. The molecule has 2 nitrogen and oxygen atoms in total. The molecule has 0 aliphatic rings. The van der Waals surface area contributed by atoms with Crippen LogP contribution in [0.3, 0.4) is 0 Å². The van der Waals surface area contributed by atoms with Crippen LogP contribution < -0.4 is 5.32 Å². The molecule has 0 aliphatic carbocycles. The summed E-state index contributed by atoms with van der Waals surface area (Å²) < 4.78 is 0. The Kier molecular flexibility index (Phi) is 6.31. The average molecular weight is 219 g/mol. The number of carbonyl (C=O) groups is 1. The number of anilines is 1. The zero-order valence-electron chi connectivity index (χ0n) is 10.0. The molecule has 0 fully saturated rings. The van der Waals surface area contributed by atoms with Crippen LogP contribution in [-0.4, -0.2) is 5.91 Å². The highest BCUT2D eigenvalue weighted by Gasteiger charge is 2.00. The van der Waals surface area contributed by atoms with E-state index in [2.05, 4.69) is 12.2 Å². The van der Waals surface area contributed by atoms with Crippen LogP contribution in [0.15, 0.2) is 30.3 Å². The van der Waals surface area contributed by atoms with Gasteiger partial charge in [0.15, 0.2) is 0 Å². The molecule has 88 valence electrons. The van der Waals surface area contributed by atoms with Gasteiger partial charge in [-0.25, -0.2) is 0 Å². The molecule has 0 unspecified atom stereocenters. The number of hydrogen-bond donors (Lipinski definition) is 1. The summed E-state index contributed by atoms with van der Waals surface area (Å²) in [7, 11) is 0. The number of unbranched alkanes of at least 4 members (excludes halogenated alkanes) is 4. The van der Waals surface area contributed by atoms with Gasteiger partial charge in [-0.15, -0.1) is 0 Å². The Morgan fingerprint density at radius 3 is 2.44 bits per heavy atom. The average Bonchev–Trinajstić information content (AvgIpc) is 2.30. The molecule has 0 bridgehead atoms. The van der Waals surface area contributed by atoms with Crippen LogP contribution in [0.1, 0.15) is 45.4 Å². The van der Waals surface area contributed by atoms with Crippen molar-refractivity contribution in [2.45, 2.75) is 45.4 Å². The van der Waals surface area contributed by atoms with Crippen LogP contribution in [0, 0.1) is 0 Å². The van der Waals surface area contributed by atoms with Gasteiger partial charge in [0.1, 0.15) is 0 Å². The molecule has 0 saturated heterocycles. The third-order valence-corrected chi connectivity index (χ3v) is 2.56. The van der Waals surface area contributed by atoms with Crippen molar-refractivity contribution in [3.8, 4) is 0 Å². The highest BCUT2D eigenvalue weighted by molar-refractivity contribution is 5.90. The molecule has 1 aromatic carbocycles. The fraction of sp³-hybridized carbons (Fsp3) is 0.500. The Morgan fingerprint density at radius 1 is 1.06 bits per heavy atom. The van der Waals surface area contributed by atoms with E-state index < -0.39 is 0 Å². The van der Waals surface area contributed by atoms with E-state index in [1.165, 1.54) is 19.3 Å². The molecule has 0 spiro atoms. The van der Waals surface area contributed by atoms with Crippen LogP contribution in [0.4, 0.5) is 5.69 Å². The molecule has 2 heteroatoms. The van der Waals surface area contributed by atoms with Crippen molar-refractivity contribution in [2.24, 2.45) is 0 Å². The van der Waals surface area contributed by atoms with Gasteiger partial charge in [0.25, 0.3) is 0 Å². The maximum atomic E-state index is 11.5. The third kappa shape index (κ3) is 5.54. The second kappa shape index (κ2) is 7.91. The molecule has 0 radical (unpaired) electrons. The Labute approximate surface area is 98.1 Å². The molecule has 16 heavy (non-hydrogen) atoms. The van der Waals surface area contributed by atoms with E-state index in [4.69, 9.17) is 0 Å². The lowest BCUT2D eigenvalue weighted by atomic mass is 10.1. The van der Waals surface area contributed by atoms with Gasteiger partial charge in [0, 0.05) is 12.1 Å². The quantitative estimate of drug-likeness (QED) is 0.690. The summed E-state index contributed by atoms with van der Waals surface area (Å²) in [5, 5.41) is 2.89. The fourth-order valence-electron chi connectivity index (χ4n) is 1.63. The minimum Gasteiger partial charge on any atom is -0.326 e. The van der Waals surface area contributed by atoms with Crippen LogP contribution in [0.25, 0.3) is 0 Å². The van der Waals surface area contributed by atoms with Crippen LogP contribution in [0.5, 0.6) is 0 Å². The van der Waals surface area contributed by atoms with Crippen molar-refractivity contribution in [3.63, 3.8) is 0 Å². The van der Waals surface area contributed by atoms with Crippen molar-refractivity contribution in [1.29, 1.82) is 0 Å². The van der Waals surface area contributed by atoms with Crippen LogP contribution in [-0.2, 0) is 4.79 Å². The van der Waals surface area contributed by atoms with Gasteiger partial charge in [-0.1, -0.05) is 50.8 Å². The zero-order chi connectivity index (χ0) is 11.6. The Balaban J connectivity index is 2.12. The lowest BCUT2D eigenvalue weighted by Gasteiger charge is -2.04. The van der Waals surface area contributed by atoms with Crippen molar-refractivity contribution < 1.29 is 4.79 Å². The molecule has 0 atom stereocenters. The Morgan fingerprint density at radius 2 is 1.75 bits per heavy atom. The van der Waals surface area contributed by atoms with Gasteiger partial charge in [-0.05, 0) is 18.6 Å². The molecular weight excluding hydrogens is 198 g/mol. The first-order valence-electron chi connectivity index (χ1n) is 6.18. The lowest BCUT2D eigenvalue weighted by molar-refractivity contribution is -0.116. The topological polar surface area (TPSA) is 29.1 Å². The van der Waals surface area contributed by atoms with E-state index >= 15 is 0 Å². The number of rotatable bonds is 7. The molecule has 1 aromatic rings. The number of para-hydroxylation sites is 1. The van der Waals surface area contributed by atoms with Gasteiger partial charge in [-0.3, -0.25) is 4.79 Å². The van der Waals surface area contributed by atoms with Crippen molar-refractivity contribution in [2.75, 3.05) is 5.32 Å². The van der Waals surface area contributed by atoms with E-state index in [9.17, 15) is 4.79 Å². The second-order valence-corrected chi connectivity index (χ2v) is 4.08. The van der Waals surface area contributed by atoms with E-state index in [0.717, 1.165) is 18.5 Å². The maximum Gasteiger partial charge on any atom is 0.224 e. The second-order valence-electron chi connectivity index (χ2n) is 4.08. The van der Waals surface area contributed by atoms with E-state index in [1.54, 1.807) is 0 Å². The van der Waals surface area contributed by atoms with E-state index in [0.29, 0.717) is 6.42 Å². The molecule has 0 saturated carbocycles. The lowest BCUT2D eigenvalue weighted by Crippen LogP contribution is -2.10. The van der Waals surface area contributed by atoms with Gasteiger partial charge in [-0.2, -0.15) is 0 Å². The summed E-state index contributed by atoms with van der Waals surface area (Å²) in [4.78, 5) is 11.5. The van der Waals surface area contributed by atoms with E-state index in [1.807, 2.05) is 30.3 Å². The Bertz CT molecular complexity index is 295. The minimum atomic E-state index is 0.127. The molecule has 1 rings (SSSR count). The smallest absolute Gasteiger partial charge is 0.224 e. The summed E-state index contributed by atoms with van der Waals surface area (Å²) in [6, 6.07) is 9.62. The number of benzene rings is 1. The summed E-state index contributed by atoms with van der Waals surface area (Å²) in [6.45, 7) is 2.20. The van der Waals surface area contributed by atoms with Crippen molar-refractivity contribution >= 4 is 11.6 Å². The standard InChI is InChI=1S/C14H21NO/c1-2-3-4-5-9-12-14(16)15-13-10-7-6-8-11-13/h6-8,10-11H,2-5,9,12H2,1H3,(H,15,16). The normalized spacial score (nSPS) is 10.1. The fourth-order valence-corrected chi connectivity index (χ4v) is 1.63. The molecular formula is C14H21NO. The van der Waals surface area contributed by atoms with Gasteiger partial charge in [0.05, 0.1) is 0 Å². The largest absolute Gasteiger partial charge is 0.326 e.